The van der Waals surface area contributed by atoms with E-state index in [1.165, 1.54) is 0 Å². The molecule has 0 aromatic heterocycles. The van der Waals surface area contributed by atoms with E-state index < -0.39 is 0 Å². The fraction of sp³-hybridized carbons (Fsp3) is 0.263. The van der Waals surface area contributed by atoms with Gasteiger partial charge in [-0.25, -0.2) is 4.79 Å². The number of rotatable bonds is 7. The van der Waals surface area contributed by atoms with E-state index in [1.54, 1.807) is 43.3 Å². The van der Waals surface area contributed by atoms with E-state index in [2.05, 4.69) is 5.32 Å². The third-order valence-corrected chi connectivity index (χ3v) is 3.73. The third-order valence-electron chi connectivity index (χ3n) is 3.48. The summed E-state index contributed by atoms with van der Waals surface area (Å²) < 4.78 is 10.3. The first-order chi connectivity index (χ1) is 12.0. The largest absolute Gasteiger partial charge is 0.484 e. The topological polar surface area (TPSA) is 64.6 Å². The minimum atomic E-state index is -0.386. The van der Waals surface area contributed by atoms with Crippen LogP contribution in [-0.2, 0) is 9.53 Å². The number of carbonyl (C=O) groups excluding carboxylic acids is 2. The van der Waals surface area contributed by atoms with Crippen molar-refractivity contribution in [3.8, 4) is 5.75 Å². The molecule has 1 amide bonds. The Labute approximate surface area is 151 Å². The highest BCUT2D eigenvalue weighted by Crippen LogP contribution is 2.16. The van der Waals surface area contributed by atoms with Gasteiger partial charge in [0.2, 0.25) is 0 Å². The predicted octanol–water partition coefficient (Wildman–Crippen LogP) is 3.77. The summed E-state index contributed by atoms with van der Waals surface area (Å²) in [6.07, 6.45) is 0. The summed E-state index contributed by atoms with van der Waals surface area (Å²) in [5, 5.41) is 3.50. The molecule has 0 spiro atoms. The molecule has 0 heterocycles. The Morgan fingerprint density at radius 2 is 1.72 bits per heavy atom. The summed E-state index contributed by atoms with van der Waals surface area (Å²) >= 11 is 5.85. The zero-order chi connectivity index (χ0) is 18.2. The molecule has 0 fully saturated rings. The third kappa shape index (κ3) is 5.80. The Balaban J connectivity index is 1.83. The summed E-state index contributed by atoms with van der Waals surface area (Å²) in [5.74, 6) is -0.122. The van der Waals surface area contributed by atoms with Gasteiger partial charge in [-0.2, -0.15) is 0 Å². The van der Waals surface area contributed by atoms with Gasteiger partial charge in [-0.3, -0.25) is 4.79 Å². The van der Waals surface area contributed by atoms with Crippen molar-refractivity contribution in [1.29, 1.82) is 0 Å². The van der Waals surface area contributed by atoms with E-state index in [-0.39, 0.29) is 24.5 Å². The highest BCUT2D eigenvalue weighted by molar-refractivity contribution is 6.30. The van der Waals surface area contributed by atoms with E-state index in [4.69, 9.17) is 21.1 Å². The minimum Gasteiger partial charge on any atom is -0.484 e. The number of halogens is 1. The van der Waals surface area contributed by atoms with Gasteiger partial charge in [-0.15, -0.1) is 0 Å². The predicted molar refractivity (Wildman–Crippen MR) is 95.9 cm³/mol. The van der Waals surface area contributed by atoms with Gasteiger partial charge in [0.25, 0.3) is 5.91 Å². The number of esters is 1. The van der Waals surface area contributed by atoms with E-state index in [0.29, 0.717) is 22.9 Å². The Hall–Kier alpha value is -2.53. The molecule has 0 aliphatic rings. The Morgan fingerprint density at radius 1 is 1.08 bits per heavy atom. The van der Waals surface area contributed by atoms with Crippen LogP contribution in [-0.4, -0.2) is 25.1 Å². The SMILES string of the molecule is CCOC(=O)c1ccc(OCC(=O)N[C@@H](C)c2ccc(Cl)cc2)cc1. The van der Waals surface area contributed by atoms with Crippen LogP contribution < -0.4 is 10.1 Å². The van der Waals surface area contributed by atoms with Crippen LogP contribution in [0.3, 0.4) is 0 Å². The summed E-state index contributed by atoms with van der Waals surface area (Å²) in [7, 11) is 0. The van der Waals surface area contributed by atoms with E-state index >= 15 is 0 Å². The molecule has 2 aromatic rings. The van der Waals surface area contributed by atoms with E-state index in [1.807, 2.05) is 19.1 Å². The number of nitrogens with one attached hydrogen (secondary N) is 1. The van der Waals surface area contributed by atoms with Gasteiger partial charge in [0.15, 0.2) is 6.61 Å². The van der Waals surface area contributed by atoms with E-state index in [0.717, 1.165) is 5.56 Å². The maximum absolute atomic E-state index is 12.0. The number of hydrogen-bond donors (Lipinski definition) is 1. The van der Waals surface area contributed by atoms with Crippen LogP contribution in [0.25, 0.3) is 0 Å². The molecule has 25 heavy (non-hydrogen) atoms. The Kier molecular flexibility index (Phi) is 6.83. The van der Waals surface area contributed by atoms with Crippen LogP contribution in [0.15, 0.2) is 48.5 Å². The van der Waals surface area contributed by atoms with Gasteiger partial charge in [-0.05, 0) is 55.8 Å². The molecule has 2 rings (SSSR count). The van der Waals surface area contributed by atoms with Gasteiger partial charge in [0.05, 0.1) is 18.2 Å². The maximum atomic E-state index is 12.0. The van der Waals surface area contributed by atoms with Crippen molar-refractivity contribution in [3.63, 3.8) is 0 Å². The zero-order valence-corrected chi connectivity index (χ0v) is 14.9. The summed E-state index contributed by atoms with van der Waals surface area (Å²) in [5.41, 5.74) is 1.39. The lowest BCUT2D eigenvalue weighted by Gasteiger charge is -2.15. The molecule has 0 radical (unpaired) electrons. The summed E-state index contributed by atoms with van der Waals surface area (Å²) in [6, 6.07) is 13.6. The van der Waals surface area contributed by atoms with Crippen LogP contribution in [0, 0.1) is 0 Å². The molecule has 6 heteroatoms. The molecule has 132 valence electrons. The van der Waals surface area contributed by atoms with Crippen LogP contribution in [0.2, 0.25) is 5.02 Å². The molecule has 0 aliphatic carbocycles. The molecule has 1 N–H and O–H groups in total. The second-order valence-electron chi connectivity index (χ2n) is 5.37. The molecule has 0 saturated heterocycles. The van der Waals surface area contributed by atoms with Gasteiger partial charge >= 0.3 is 5.97 Å². The lowest BCUT2D eigenvalue weighted by molar-refractivity contribution is -0.123. The second-order valence-corrected chi connectivity index (χ2v) is 5.81. The molecule has 5 nitrogen and oxygen atoms in total. The fourth-order valence-electron chi connectivity index (χ4n) is 2.17. The average Bonchev–Trinajstić information content (AvgIpc) is 2.61. The monoisotopic (exact) mass is 361 g/mol. The number of carbonyl (C=O) groups is 2. The van der Waals surface area contributed by atoms with Crippen molar-refractivity contribution in [3.05, 3.63) is 64.7 Å². The fourth-order valence-corrected chi connectivity index (χ4v) is 2.29. The Morgan fingerprint density at radius 3 is 2.32 bits per heavy atom. The van der Waals surface area contributed by atoms with Gasteiger partial charge in [0.1, 0.15) is 5.75 Å². The molecule has 2 aromatic carbocycles. The highest BCUT2D eigenvalue weighted by Gasteiger charge is 2.11. The van der Waals surface area contributed by atoms with Crippen molar-refractivity contribution in [2.45, 2.75) is 19.9 Å². The van der Waals surface area contributed by atoms with Crippen LogP contribution in [0.5, 0.6) is 5.75 Å². The molecular weight excluding hydrogens is 342 g/mol. The van der Waals surface area contributed by atoms with Crippen LogP contribution >= 0.6 is 11.6 Å². The first kappa shape index (κ1) is 18.8. The van der Waals surface area contributed by atoms with Crippen molar-refractivity contribution in [2.75, 3.05) is 13.2 Å². The molecule has 1 atom stereocenters. The lowest BCUT2D eigenvalue weighted by Crippen LogP contribution is -2.31. The number of ether oxygens (including phenoxy) is 2. The number of benzene rings is 2. The average molecular weight is 362 g/mol. The molecular formula is C19H20ClNO4. The van der Waals surface area contributed by atoms with Crippen molar-refractivity contribution < 1.29 is 19.1 Å². The normalized spacial score (nSPS) is 11.5. The number of amides is 1. The van der Waals surface area contributed by atoms with Crippen molar-refractivity contribution in [1.82, 2.24) is 5.32 Å². The van der Waals surface area contributed by atoms with Crippen molar-refractivity contribution >= 4 is 23.5 Å². The summed E-state index contributed by atoms with van der Waals surface area (Å²) in [4.78, 5) is 23.6. The smallest absolute Gasteiger partial charge is 0.338 e. The zero-order valence-electron chi connectivity index (χ0n) is 14.1. The summed E-state index contributed by atoms with van der Waals surface area (Å²) in [6.45, 7) is 3.84. The Bertz CT molecular complexity index is 713. The lowest BCUT2D eigenvalue weighted by atomic mass is 10.1. The second kappa shape index (κ2) is 9.08. The highest BCUT2D eigenvalue weighted by atomic mass is 35.5. The quantitative estimate of drug-likeness (QED) is 0.762. The molecule has 0 saturated carbocycles. The van der Waals surface area contributed by atoms with Crippen molar-refractivity contribution in [2.24, 2.45) is 0 Å². The van der Waals surface area contributed by atoms with Crippen LogP contribution in [0.4, 0.5) is 0 Å². The van der Waals surface area contributed by atoms with Gasteiger partial charge < -0.3 is 14.8 Å². The van der Waals surface area contributed by atoms with E-state index in [9.17, 15) is 9.59 Å². The van der Waals surface area contributed by atoms with Gasteiger partial charge in [0, 0.05) is 5.02 Å². The number of hydrogen-bond acceptors (Lipinski definition) is 4. The molecule has 0 aliphatic heterocycles. The minimum absolute atomic E-state index is 0.114. The first-order valence-electron chi connectivity index (χ1n) is 7.94. The first-order valence-corrected chi connectivity index (χ1v) is 8.32. The van der Waals surface area contributed by atoms with Gasteiger partial charge in [-0.1, -0.05) is 23.7 Å². The molecule has 0 unspecified atom stereocenters. The molecule has 0 bridgehead atoms. The maximum Gasteiger partial charge on any atom is 0.338 e. The standard InChI is InChI=1S/C19H20ClNO4/c1-3-24-19(23)15-6-10-17(11-7-15)25-12-18(22)21-13(2)14-4-8-16(20)9-5-14/h4-11,13H,3,12H2,1-2H3,(H,21,22)/t13-/m0/s1. The van der Waals surface area contributed by atoms with Crippen LogP contribution in [0.1, 0.15) is 35.8 Å².